The van der Waals surface area contributed by atoms with Crippen molar-refractivity contribution in [3.63, 3.8) is 0 Å². The van der Waals surface area contributed by atoms with Crippen LogP contribution in [0.5, 0.6) is 0 Å². The summed E-state index contributed by atoms with van der Waals surface area (Å²) in [6.45, 7) is -0.241. The van der Waals surface area contributed by atoms with Crippen LogP contribution in [0.15, 0.2) is 0 Å². The van der Waals surface area contributed by atoms with E-state index in [-0.39, 0.29) is 6.61 Å². The number of carbonyl (C=O) groups is 1. The maximum atomic E-state index is 14.4. The Balaban J connectivity index is 2.91. The summed E-state index contributed by atoms with van der Waals surface area (Å²) in [7, 11) is -3.81. The summed E-state index contributed by atoms with van der Waals surface area (Å²) in [6, 6.07) is 0. The zero-order chi connectivity index (χ0) is 13.8. The molecular formula is C11H19FO5S. The summed E-state index contributed by atoms with van der Waals surface area (Å²) >= 11 is 0. The summed E-state index contributed by atoms with van der Waals surface area (Å²) in [6.07, 6.45) is 2.81. The molecule has 1 unspecified atom stereocenters. The molecule has 0 spiro atoms. The number of ether oxygens (including phenoxy) is 1. The summed E-state index contributed by atoms with van der Waals surface area (Å²) in [5.41, 5.74) is 0. The Bertz CT molecular complexity index is 388. The molecule has 1 rings (SSSR count). The monoisotopic (exact) mass is 282 g/mol. The van der Waals surface area contributed by atoms with Crippen LogP contribution in [0, 0.1) is 5.92 Å². The van der Waals surface area contributed by atoms with Crippen LogP contribution in [0.1, 0.15) is 38.5 Å². The average molecular weight is 282 g/mol. The molecule has 1 aliphatic rings. The zero-order valence-electron chi connectivity index (χ0n) is 10.4. The fourth-order valence-electron chi connectivity index (χ4n) is 2.28. The van der Waals surface area contributed by atoms with Gasteiger partial charge in [-0.25, -0.2) is 4.39 Å². The van der Waals surface area contributed by atoms with E-state index in [1.807, 2.05) is 0 Å². The second-order valence-electron chi connectivity index (χ2n) is 4.65. The van der Waals surface area contributed by atoms with Crippen molar-refractivity contribution < 1.29 is 26.9 Å². The highest BCUT2D eigenvalue weighted by molar-refractivity contribution is 7.87. The Hall–Kier alpha value is -0.530. The topological polar surface area (TPSA) is 80.7 Å². The number of methoxy groups -OCH3 is 1. The van der Waals surface area contributed by atoms with Crippen molar-refractivity contribution in [2.24, 2.45) is 5.92 Å². The number of carbonyl (C=O) groups excluding carboxylic acids is 1. The Morgan fingerprint density at radius 2 is 1.94 bits per heavy atom. The third kappa shape index (κ3) is 3.27. The largest absolute Gasteiger partial charge is 0.385 e. The number of Topliss-reactive ketones (excluding diaryl/α,β-unsaturated/α-hetero) is 1. The van der Waals surface area contributed by atoms with Gasteiger partial charge in [-0.05, 0) is 12.8 Å². The zero-order valence-corrected chi connectivity index (χ0v) is 11.2. The molecule has 5 nitrogen and oxygen atoms in total. The average Bonchev–Trinajstić information content (AvgIpc) is 2.34. The van der Waals surface area contributed by atoms with Gasteiger partial charge in [0, 0.05) is 19.4 Å². The molecule has 1 atom stereocenters. The molecular weight excluding hydrogens is 263 g/mol. The summed E-state index contributed by atoms with van der Waals surface area (Å²) < 4.78 is 50.3. The van der Waals surface area contributed by atoms with Crippen LogP contribution in [-0.4, -0.2) is 37.5 Å². The molecule has 0 radical (unpaired) electrons. The predicted octanol–water partition coefficient (Wildman–Crippen LogP) is 1.73. The molecule has 1 aliphatic carbocycles. The fourth-order valence-corrected chi connectivity index (χ4v) is 3.04. The van der Waals surface area contributed by atoms with Crippen LogP contribution in [-0.2, 0) is 19.6 Å². The number of halogens is 1. The second kappa shape index (κ2) is 6.08. The number of hydrogen-bond donors (Lipinski definition) is 1. The first-order valence-electron chi connectivity index (χ1n) is 6.02. The molecule has 0 aromatic rings. The third-order valence-electron chi connectivity index (χ3n) is 3.38. The first kappa shape index (κ1) is 15.5. The lowest BCUT2D eigenvalue weighted by Crippen LogP contribution is -2.46. The maximum absolute atomic E-state index is 14.4. The SMILES string of the molecule is COCCC(F)(C(=O)C1CCCCC1)S(=O)(=O)O. The Morgan fingerprint density at radius 1 is 1.39 bits per heavy atom. The molecule has 1 saturated carbocycles. The molecule has 0 aromatic heterocycles. The van der Waals surface area contributed by atoms with E-state index in [9.17, 15) is 17.6 Å². The van der Waals surface area contributed by atoms with Crippen molar-refractivity contribution in [2.45, 2.75) is 43.5 Å². The van der Waals surface area contributed by atoms with Gasteiger partial charge in [0.2, 0.25) is 0 Å². The number of alkyl halides is 1. The number of ketones is 1. The van der Waals surface area contributed by atoms with Gasteiger partial charge in [-0.2, -0.15) is 8.42 Å². The van der Waals surface area contributed by atoms with E-state index < -0.39 is 33.2 Å². The van der Waals surface area contributed by atoms with Crippen molar-refractivity contribution in [1.29, 1.82) is 0 Å². The molecule has 0 saturated heterocycles. The molecule has 0 amide bonds. The van der Waals surface area contributed by atoms with Gasteiger partial charge < -0.3 is 4.74 Å². The van der Waals surface area contributed by atoms with Crippen LogP contribution in [0.3, 0.4) is 0 Å². The Morgan fingerprint density at radius 3 is 2.39 bits per heavy atom. The minimum atomic E-state index is -5.08. The minimum Gasteiger partial charge on any atom is -0.385 e. The van der Waals surface area contributed by atoms with Crippen molar-refractivity contribution >= 4 is 15.9 Å². The van der Waals surface area contributed by atoms with E-state index in [0.717, 1.165) is 19.3 Å². The molecule has 1 fully saturated rings. The van der Waals surface area contributed by atoms with Crippen LogP contribution in [0.4, 0.5) is 4.39 Å². The molecule has 1 N–H and O–H groups in total. The van der Waals surface area contributed by atoms with E-state index in [2.05, 4.69) is 4.74 Å². The van der Waals surface area contributed by atoms with Gasteiger partial charge in [-0.3, -0.25) is 9.35 Å². The summed E-state index contributed by atoms with van der Waals surface area (Å²) in [5, 5.41) is -3.23. The first-order chi connectivity index (χ1) is 8.33. The Labute approximate surface area is 106 Å². The van der Waals surface area contributed by atoms with Gasteiger partial charge in [0.05, 0.1) is 6.61 Å². The van der Waals surface area contributed by atoms with Crippen molar-refractivity contribution in [2.75, 3.05) is 13.7 Å². The van der Waals surface area contributed by atoms with Crippen molar-refractivity contribution in [3.05, 3.63) is 0 Å². The highest BCUT2D eigenvalue weighted by Crippen LogP contribution is 2.34. The van der Waals surface area contributed by atoms with E-state index in [4.69, 9.17) is 4.55 Å². The number of rotatable bonds is 6. The smallest absolute Gasteiger partial charge is 0.308 e. The van der Waals surface area contributed by atoms with Gasteiger partial charge >= 0.3 is 10.1 Å². The number of hydrogen-bond acceptors (Lipinski definition) is 4. The predicted molar refractivity (Wildman–Crippen MR) is 63.5 cm³/mol. The summed E-state index contributed by atoms with van der Waals surface area (Å²) in [5.74, 6) is -1.65. The normalized spacial score (nSPS) is 21.5. The van der Waals surface area contributed by atoms with E-state index in [0.29, 0.717) is 12.8 Å². The van der Waals surface area contributed by atoms with Gasteiger partial charge in [-0.1, -0.05) is 19.3 Å². The first-order valence-corrected chi connectivity index (χ1v) is 7.46. The lowest BCUT2D eigenvalue weighted by molar-refractivity contribution is -0.132. The van der Waals surface area contributed by atoms with Crippen LogP contribution in [0.25, 0.3) is 0 Å². The van der Waals surface area contributed by atoms with E-state index in [1.165, 1.54) is 7.11 Å². The highest BCUT2D eigenvalue weighted by Gasteiger charge is 2.52. The molecule has 0 aliphatic heterocycles. The molecule has 0 aromatic carbocycles. The van der Waals surface area contributed by atoms with Crippen LogP contribution >= 0.6 is 0 Å². The fraction of sp³-hybridized carbons (Fsp3) is 0.909. The standard InChI is InChI=1S/C11H19FO5S/c1-17-8-7-11(12,18(14,15)16)10(13)9-5-3-2-4-6-9/h9H,2-8H2,1H3,(H,14,15,16). The lowest BCUT2D eigenvalue weighted by Gasteiger charge is -2.27. The quantitative estimate of drug-likeness (QED) is 0.750. The lowest BCUT2D eigenvalue weighted by atomic mass is 9.84. The molecule has 7 heteroatoms. The maximum Gasteiger partial charge on any atom is 0.308 e. The second-order valence-corrected chi connectivity index (χ2v) is 6.24. The van der Waals surface area contributed by atoms with E-state index >= 15 is 0 Å². The van der Waals surface area contributed by atoms with Gasteiger partial charge in [-0.15, -0.1) is 0 Å². The van der Waals surface area contributed by atoms with E-state index in [1.54, 1.807) is 0 Å². The highest BCUT2D eigenvalue weighted by atomic mass is 32.2. The molecule has 0 bridgehead atoms. The molecule has 18 heavy (non-hydrogen) atoms. The van der Waals surface area contributed by atoms with Crippen LogP contribution in [0.2, 0.25) is 0 Å². The van der Waals surface area contributed by atoms with Crippen molar-refractivity contribution in [1.82, 2.24) is 0 Å². The molecule has 106 valence electrons. The third-order valence-corrected chi connectivity index (χ3v) is 4.60. The van der Waals surface area contributed by atoms with Gasteiger partial charge in [0.1, 0.15) is 0 Å². The molecule has 0 heterocycles. The van der Waals surface area contributed by atoms with Gasteiger partial charge in [0.15, 0.2) is 5.78 Å². The van der Waals surface area contributed by atoms with Crippen LogP contribution < -0.4 is 0 Å². The van der Waals surface area contributed by atoms with Crippen molar-refractivity contribution in [3.8, 4) is 0 Å². The Kier molecular flexibility index (Phi) is 5.24. The summed E-state index contributed by atoms with van der Waals surface area (Å²) in [4.78, 5) is 12.0. The minimum absolute atomic E-state index is 0.241. The van der Waals surface area contributed by atoms with Gasteiger partial charge in [0.25, 0.3) is 5.00 Å².